The molecule has 4 amide bonds. The Morgan fingerprint density at radius 1 is 0.854 bits per heavy atom. The second kappa shape index (κ2) is 13.8. The van der Waals surface area contributed by atoms with E-state index in [0.29, 0.717) is 57.2 Å². The van der Waals surface area contributed by atoms with Crippen LogP contribution in [0.5, 0.6) is 0 Å². The molecule has 2 aromatic rings. The predicted octanol–water partition coefficient (Wildman–Crippen LogP) is 2.83. The highest BCUT2D eigenvalue weighted by atomic mass is 16.5. The Morgan fingerprint density at radius 3 is 2.34 bits per heavy atom. The Bertz CT molecular complexity index is 1190. The highest BCUT2D eigenvalue weighted by molar-refractivity contribution is 6.00. The topological polar surface area (TPSA) is 120 Å². The molecule has 1 aliphatic carbocycles. The molecule has 3 aliphatic rings. The SMILES string of the molecule is NC1CCC(NC(=O)c2ccc(N3CCCN(C(=O)N4CCOCC4)CC3)c(NC(=O)Cc3ccccc3)c2)CC1. The van der Waals surface area contributed by atoms with Gasteiger partial charge in [0.25, 0.3) is 5.91 Å². The summed E-state index contributed by atoms with van der Waals surface area (Å²) in [7, 11) is 0. The molecule has 2 heterocycles. The fraction of sp³-hybridized carbons (Fsp3) is 0.516. The summed E-state index contributed by atoms with van der Waals surface area (Å²) in [5.74, 6) is -0.288. The van der Waals surface area contributed by atoms with Crippen LogP contribution in [0.2, 0.25) is 0 Å². The van der Waals surface area contributed by atoms with Crippen molar-refractivity contribution in [3.05, 3.63) is 59.7 Å². The fourth-order valence-electron chi connectivity index (χ4n) is 5.87. The number of amides is 4. The molecule has 5 rings (SSSR count). The van der Waals surface area contributed by atoms with Gasteiger partial charge in [0.1, 0.15) is 0 Å². The minimum atomic E-state index is -0.145. The molecule has 0 bridgehead atoms. The van der Waals surface area contributed by atoms with Crippen LogP contribution in [0.4, 0.5) is 16.2 Å². The standard InChI is InChI=1S/C31H42N6O4/c32-25-8-10-26(11-9-25)33-30(39)24-7-12-28(27(22-24)34-29(38)21-23-5-2-1-3-6-23)35-13-4-14-36(16-15-35)31(40)37-17-19-41-20-18-37/h1-3,5-7,12,22,25-26H,4,8-11,13-21,32H2,(H,33,39)(H,34,38). The van der Waals surface area contributed by atoms with Gasteiger partial charge in [0.2, 0.25) is 5.91 Å². The Labute approximate surface area is 242 Å². The number of morpholine rings is 1. The number of benzene rings is 2. The maximum absolute atomic E-state index is 13.2. The lowest BCUT2D eigenvalue weighted by molar-refractivity contribution is -0.115. The number of anilines is 2. The zero-order chi connectivity index (χ0) is 28.6. The van der Waals surface area contributed by atoms with Crippen LogP contribution in [-0.4, -0.2) is 92.2 Å². The molecule has 2 saturated heterocycles. The molecule has 10 heteroatoms. The fourth-order valence-corrected chi connectivity index (χ4v) is 5.87. The van der Waals surface area contributed by atoms with Gasteiger partial charge in [-0.15, -0.1) is 0 Å². The van der Waals surface area contributed by atoms with Crippen molar-refractivity contribution in [3.63, 3.8) is 0 Å². The first-order valence-electron chi connectivity index (χ1n) is 14.9. The first kappa shape index (κ1) is 28.9. The zero-order valence-electron chi connectivity index (χ0n) is 23.7. The van der Waals surface area contributed by atoms with E-state index >= 15 is 0 Å². The Hall–Kier alpha value is -3.63. The monoisotopic (exact) mass is 562 g/mol. The molecule has 0 radical (unpaired) electrons. The van der Waals surface area contributed by atoms with E-state index in [9.17, 15) is 14.4 Å². The van der Waals surface area contributed by atoms with Gasteiger partial charge in [0.15, 0.2) is 0 Å². The van der Waals surface area contributed by atoms with Crippen LogP contribution in [-0.2, 0) is 16.0 Å². The maximum Gasteiger partial charge on any atom is 0.320 e. The molecule has 2 aromatic carbocycles. The third-order valence-corrected chi connectivity index (χ3v) is 8.24. The number of carbonyl (C=O) groups is 3. The van der Waals surface area contributed by atoms with Crippen LogP contribution >= 0.6 is 0 Å². The van der Waals surface area contributed by atoms with Crippen molar-refractivity contribution < 1.29 is 19.1 Å². The van der Waals surface area contributed by atoms with E-state index in [4.69, 9.17) is 10.5 Å². The van der Waals surface area contributed by atoms with Crippen molar-refractivity contribution >= 4 is 29.2 Å². The molecule has 2 aliphatic heterocycles. The number of nitrogens with two attached hydrogens (primary N) is 1. The van der Waals surface area contributed by atoms with E-state index in [1.54, 1.807) is 6.07 Å². The number of urea groups is 1. The molecule has 220 valence electrons. The number of hydrogen-bond donors (Lipinski definition) is 3. The summed E-state index contributed by atoms with van der Waals surface area (Å²) in [6, 6.07) is 15.5. The van der Waals surface area contributed by atoms with Gasteiger partial charge in [-0.05, 0) is 55.9 Å². The number of nitrogens with one attached hydrogen (secondary N) is 2. The largest absolute Gasteiger partial charge is 0.378 e. The van der Waals surface area contributed by atoms with Crippen LogP contribution in [0.25, 0.3) is 0 Å². The van der Waals surface area contributed by atoms with Gasteiger partial charge in [-0.3, -0.25) is 9.59 Å². The van der Waals surface area contributed by atoms with Gasteiger partial charge in [-0.2, -0.15) is 0 Å². The summed E-state index contributed by atoms with van der Waals surface area (Å²) in [6.45, 7) is 5.01. The molecule has 4 N–H and O–H groups in total. The van der Waals surface area contributed by atoms with Gasteiger partial charge in [-0.1, -0.05) is 30.3 Å². The average molecular weight is 563 g/mol. The normalized spacial score (nSPS) is 21.6. The second-order valence-corrected chi connectivity index (χ2v) is 11.2. The summed E-state index contributed by atoms with van der Waals surface area (Å²) in [4.78, 5) is 45.4. The zero-order valence-corrected chi connectivity index (χ0v) is 23.7. The highest BCUT2D eigenvalue weighted by Crippen LogP contribution is 2.29. The minimum absolute atomic E-state index is 0.0576. The third kappa shape index (κ3) is 7.77. The molecule has 0 spiro atoms. The van der Waals surface area contributed by atoms with Crippen LogP contribution in [0.15, 0.2) is 48.5 Å². The predicted molar refractivity (Wildman–Crippen MR) is 159 cm³/mol. The molecule has 0 unspecified atom stereocenters. The molecular weight excluding hydrogens is 520 g/mol. The van der Waals surface area contributed by atoms with Crippen LogP contribution < -0.4 is 21.3 Å². The van der Waals surface area contributed by atoms with Gasteiger partial charge >= 0.3 is 6.03 Å². The Morgan fingerprint density at radius 2 is 1.59 bits per heavy atom. The van der Waals surface area contributed by atoms with Crippen molar-refractivity contribution in [1.29, 1.82) is 0 Å². The van der Waals surface area contributed by atoms with Crippen molar-refractivity contribution in [1.82, 2.24) is 15.1 Å². The Balaban J connectivity index is 1.31. The Kier molecular flexibility index (Phi) is 9.74. The molecule has 0 atom stereocenters. The van der Waals surface area contributed by atoms with E-state index in [1.807, 2.05) is 52.3 Å². The first-order valence-corrected chi connectivity index (χ1v) is 14.9. The summed E-state index contributed by atoms with van der Waals surface area (Å²) < 4.78 is 5.40. The van der Waals surface area contributed by atoms with Crippen LogP contribution in [0.1, 0.15) is 48.0 Å². The van der Waals surface area contributed by atoms with E-state index in [2.05, 4.69) is 15.5 Å². The number of rotatable bonds is 6. The summed E-state index contributed by atoms with van der Waals surface area (Å²) >= 11 is 0. The minimum Gasteiger partial charge on any atom is -0.378 e. The summed E-state index contributed by atoms with van der Waals surface area (Å²) in [5.41, 5.74) is 8.93. The smallest absolute Gasteiger partial charge is 0.320 e. The van der Waals surface area contributed by atoms with Gasteiger partial charge in [0, 0.05) is 56.9 Å². The van der Waals surface area contributed by atoms with Crippen molar-refractivity contribution in [2.45, 2.75) is 50.6 Å². The average Bonchev–Trinajstić information content (AvgIpc) is 3.25. The lowest BCUT2D eigenvalue weighted by Crippen LogP contribution is -2.49. The lowest BCUT2D eigenvalue weighted by Gasteiger charge is -2.32. The van der Waals surface area contributed by atoms with Crippen molar-refractivity contribution in [3.8, 4) is 0 Å². The van der Waals surface area contributed by atoms with Gasteiger partial charge in [0.05, 0.1) is 31.0 Å². The molecule has 3 fully saturated rings. The summed E-state index contributed by atoms with van der Waals surface area (Å²) in [6.07, 6.45) is 4.61. The molecular formula is C31H42N6O4. The quantitative estimate of drug-likeness (QED) is 0.498. The molecule has 1 saturated carbocycles. The second-order valence-electron chi connectivity index (χ2n) is 11.2. The molecule has 41 heavy (non-hydrogen) atoms. The number of ether oxygens (including phenoxy) is 1. The highest BCUT2D eigenvalue weighted by Gasteiger charge is 2.27. The summed E-state index contributed by atoms with van der Waals surface area (Å²) in [5, 5.41) is 6.24. The van der Waals surface area contributed by atoms with Crippen LogP contribution in [0, 0.1) is 0 Å². The van der Waals surface area contributed by atoms with E-state index in [-0.39, 0.29) is 36.3 Å². The number of hydrogen-bond acceptors (Lipinski definition) is 6. The maximum atomic E-state index is 13.2. The van der Waals surface area contributed by atoms with E-state index in [0.717, 1.165) is 49.9 Å². The van der Waals surface area contributed by atoms with Gasteiger partial charge in [-0.25, -0.2) is 4.79 Å². The lowest BCUT2D eigenvalue weighted by atomic mass is 9.91. The molecule has 0 aromatic heterocycles. The first-order chi connectivity index (χ1) is 20.0. The van der Waals surface area contributed by atoms with Crippen molar-refractivity contribution in [2.24, 2.45) is 5.73 Å². The molecule has 10 nitrogen and oxygen atoms in total. The van der Waals surface area contributed by atoms with E-state index in [1.165, 1.54) is 0 Å². The van der Waals surface area contributed by atoms with E-state index < -0.39 is 0 Å². The van der Waals surface area contributed by atoms with Gasteiger partial charge < -0.3 is 35.8 Å². The number of carbonyl (C=O) groups excluding carboxylic acids is 3. The number of nitrogens with zero attached hydrogens (tertiary/aromatic N) is 3. The third-order valence-electron chi connectivity index (χ3n) is 8.24. The van der Waals surface area contributed by atoms with Crippen LogP contribution in [0.3, 0.4) is 0 Å². The van der Waals surface area contributed by atoms with Crippen molar-refractivity contribution in [2.75, 3.05) is 62.7 Å².